The van der Waals surface area contributed by atoms with E-state index < -0.39 is 6.04 Å². The second-order valence-corrected chi connectivity index (χ2v) is 5.59. The summed E-state index contributed by atoms with van der Waals surface area (Å²) in [5.74, 6) is 0.779. The zero-order valence-electron chi connectivity index (χ0n) is 12.6. The Morgan fingerprint density at radius 1 is 1.19 bits per heavy atom. The minimum absolute atomic E-state index is 0.127. The average Bonchev–Trinajstić information content (AvgIpc) is 2.45. The number of hydrogen-bond acceptors (Lipinski definition) is 3. The lowest BCUT2D eigenvalue weighted by Crippen LogP contribution is -2.25. The number of benzene rings is 1. The van der Waals surface area contributed by atoms with Gasteiger partial charge in [-0.2, -0.15) is 0 Å². The molecule has 0 radical (unpaired) electrons. The van der Waals surface area contributed by atoms with Crippen molar-refractivity contribution in [1.29, 1.82) is 0 Å². The summed E-state index contributed by atoms with van der Waals surface area (Å²) in [6.45, 7) is 0. The van der Waals surface area contributed by atoms with Crippen molar-refractivity contribution in [2.45, 2.75) is 51.0 Å². The van der Waals surface area contributed by atoms with E-state index in [1.807, 2.05) is 24.3 Å². The van der Waals surface area contributed by atoms with E-state index in [4.69, 9.17) is 4.74 Å². The molecule has 0 heterocycles. The van der Waals surface area contributed by atoms with Gasteiger partial charge in [-0.15, -0.1) is 0 Å². The molecule has 2 rings (SSSR count). The molecule has 0 bridgehead atoms. The van der Waals surface area contributed by atoms with Crippen LogP contribution in [0.4, 0.5) is 0 Å². The summed E-state index contributed by atoms with van der Waals surface area (Å²) in [4.78, 5) is 11.3. The fourth-order valence-electron chi connectivity index (χ4n) is 2.85. The normalized spacial score (nSPS) is 19.8. The van der Waals surface area contributed by atoms with Gasteiger partial charge in [0.25, 0.3) is 0 Å². The summed E-state index contributed by atoms with van der Waals surface area (Å²) in [6, 6.07) is 6.96. The molecule has 0 aromatic heterocycles. The van der Waals surface area contributed by atoms with Crippen molar-refractivity contribution in [3.63, 3.8) is 0 Å². The maximum absolute atomic E-state index is 11.5. The molecule has 0 aliphatic heterocycles. The number of allylic oxidation sites excluding steroid dienone is 1. The number of nitrogens with zero attached hydrogens (tertiary/aromatic N) is 1. The molecule has 1 aliphatic rings. The van der Waals surface area contributed by atoms with Crippen molar-refractivity contribution in [2.75, 3.05) is 7.11 Å². The van der Waals surface area contributed by atoms with E-state index in [9.17, 15) is 10.1 Å². The topological polar surface area (TPSA) is 52.4 Å². The number of nitro groups is 1. The van der Waals surface area contributed by atoms with E-state index in [-0.39, 0.29) is 4.92 Å². The van der Waals surface area contributed by atoms with Crippen LogP contribution in [0.3, 0.4) is 0 Å². The van der Waals surface area contributed by atoms with Gasteiger partial charge in [0.2, 0.25) is 6.04 Å². The summed E-state index contributed by atoms with van der Waals surface area (Å²) in [5, 5.41) is 11.5. The van der Waals surface area contributed by atoms with Crippen molar-refractivity contribution < 1.29 is 9.66 Å². The average molecular weight is 289 g/mol. The smallest absolute Gasteiger partial charge is 0.238 e. The molecule has 21 heavy (non-hydrogen) atoms. The Hall–Kier alpha value is -1.84. The van der Waals surface area contributed by atoms with Gasteiger partial charge in [0.15, 0.2) is 0 Å². The summed E-state index contributed by atoms with van der Waals surface area (Å²) in [6.07, 6.45) is 9.05. The molecule has 1 aromatic rings. The number of methoxy groups -OCH3 is 1. The maximum Gasteiger partial charge on any atom is 0.238 e. The van der Waals surface area contributed by atoms with Gasteiger partial charge >= 0.3 is 0 Å². The lowest BCUT2D eigenvalue weighted by Gasteiger charge is -2.16. The SMILES string of the molecule is COc1ccc(CC(/C2=C/CCCCCC2)[N+](=O)[O-])cc1. The van der Waals surface area contributed by atoms with Gasteiger partial charge in [-0.05, 0) is 49.0 Å². The monoisotopic (exact) mass is 289 g/mol. The van der Waals surface area contributed by atoms with E-state index >= 15 is 0 Å². The number of rotatable bonds is 5. The Labute approximate surface area is 126 Å². The Kier molecular flexibility index (Phi) is 5.78. The van der Waals surface area contributed by atoms with Gasteiger partial charge in [-0.1, -0.05) is 31.1 Å². The van der Waals surface area contributed by atoms with Crippen molar-refractivity contribution in [1.82, 2.24) is 0 Å². The van der Waals surface area contributed by atoms with Gasteiger partial charge in [-0.3, -0.25) is 10.1 Å². The number of ether oxygens (including phenoxy) is 1. The first-order chi connectivity index (χ1) is 10.2. The molecule has 4 nitrogen and oxygen atoms in total. The van der Waals surface area contributed by atoms with Crippen molar-refractivity contribution >= 4 is 0 Å². The molecular formula is C17H23NO3. The van der Waals surface area contributed by atoms with Crippen molar-refractivity contribution in [2.24, 2.45) is 0 Å². The zero-order valence-corrected chi connectivity index (χ0v) is 12.6. The first-order valence-electron chi connectivity index (χ1n) is 7.66. The van der Waals surface area contributed by atoms with Crippen LogP contribution in [0.1, 0.15) is 44.1 Å². The molecular weight excluding hydrogens is 266 g/mol. The first-order valence-corrected chi connectivity index (χ1v) is 7.66. The number of hydrogen-bond donors (Lipinski definition) is 0. The van der Waals surface area contributed by atoms with Crippen molar-refractivity contribution in [3.05, 3.63) is 51.6 Å². The van der Waals surface area contributed by atoms with Crippen molar-refractivity contribution in [3.8, 4) is 5.75 Å². The van der Waals surface area contributed by atoms with Gasteiger partial charge in [0, 0.05) is 11.3 Å². The predicted molar refractivity (Wildman–Crippen MR) is 83.3 cm³/mol. The third-order valence-corrected chi connectivity index (χ3v) is 4.10. The highest BCUT2D eigenvalue weighted by molar-refractivity contribution is 5.28. The lowest BCUT2D eigenvalue weighted by molar-refractivity contribution is -0.512. The zero-order chi connectivity index (χ0) is 15.1. The Bertz CT molecular complexity index is 493. The predicted octanol–water partition coefficient (Wildman–Crippen LogP) is 4.16. The molecule has 0 saturated carbocycles. The minimum atomic E-state index is -0.587. The highest BCUT2D eigenvalue weighted by Crippen LogP contribution is 2.24. The quantitative estimate of drug-likeness (QED) is 0.464. The Morgan fingerprint density at radius 3 is 2.57 bits per heavy atom. The molecule has 1 aliphatic carbocycles. The van der Waals surface area contributed by atoms with Crippen LogP contribution in [0.15, 0.2) is 35.9 Å². The second kappa shape index (κ2) is 7.81. The van der Waals surface area contributed by atoms with Gasteiger partial charge < -0.3 is 4.74 Å². The molecule has 1 aromatic carbocycles. The Balaban J connectivity index is 2.11. The minimum Gasteiger partial charge on any atom is -0.497 e. The molecule has 4 heteroatoms. The molecule has 1 unspecified atom stereocenters. The van der Waals surface area contributed by atoms with Crippen LogP contribution in [-0.4, -0.2) is 18.1 Å². The second-order valence-electron chi connectivity index (χ2n) is 5.59. The highest BCUT2D eigenvalue weighted by Gasteiger charge is 2.25. The largest absolute Gasteiger partial charge is 0.497 e. The summed E-state index contributed by atoms with van der Waals surface area (Å²) in [7, 11) is 1.62. The highest BCUT2D eigenvalue weighted by atomic mass is 16.6. The van der Waals surface area contributed by atoms with E-state index in [1.165, 1.54) is 12.8 Å². The molecule has 0 spiro atoms. The third kappa shape index (κ3) is 4.59. The molecule has 0 N–H and O–H groups in total. The Morgan fingerprint density at radius 2 is 1.90 bits per heavy atom. The molecule has 1 atom stereocenters. The van der Waals surface area contributed by atoms with Gasteiger partial charge in [-0.25, -0.2) is 0 Å². The fourth-order valence-corrected chi connectivity index (χ4v) is 2.85. The van der Waals surface area contributed by atoms with Crippen LogP contribution in [0.2, 0.25) is 0 Å². The lowest BCUT2D eigenvalue weighted by atomic mass is 9.91. The van der Waals surface area contributed by atoms with E-state index in [1.54, 1.807) is 7.11 Å². The van der Waals surface area contributed by atoms with Crippen LogP contribution < -0.4 is 4.74 Å². The van der Waals surface area contributed by atoms with Gasteiger partial charge in [0.1, 0.15) is 5.75 Å². The third-order valence-electron chi connectivity index (χ3n) is 4.10. The van der Waals surface area contributed by atoms with Crippen LogP contribution in [0, 0.1) is 10.1 Å². The van der Waals surface area contributed by atoms with Gasteiger partial charge in [0.05, 0.1) is 7.11 Å². The maximum atomic E-state index is 11.5. The summed E-state index contributed by atoms with van der Waals surface area (Å²) < 4.78 is 5.12. The molecule has 0 saturated heterocycles. The summed E-state index contributed by atoms with van der Waals surface area (Å²) >= 11 is 0. The molecule has 114 valence electrons. The molecule has 0 fully saturated rings. The van der Waals surface area contributed by atoms with E-state index in [0.29, 0.717) is 6.42 Å². The standard InChI is InChI=1S/C17H23NO3/c1-21-16-11-9-14(10-12-16)13-17(18(19)20)15-7-5-3-2-4-6-8-15/h7,9-12,17H,2-6,8,13H2,1H3/b15-7+. The van der Waals surface area contributed by atoms with Crippen LogP contribution in [0.5, 0.6) is 5.75 Å². The van der Waals surface area contributed by atoms with E-state index in [2.05, 4.69) is 6.08 Å². The summed E-state index contributed by atoms with van der Waals surface area (Å²) in [5.41, 5.74) is 2.00. The first kappa shape index (κ1) is 15.5. The molecule has 0 amide bonds. The van der Waals surface area contributed by atoms with Crippen LogP contribution >= 0.6 is 0 Å². The van der Waals surface area contributed by atoms with E-state index in [0.717, 1.165) is 42.6 Å². The fraction of sp³-hybridized carbons (Fsp3) is 0.529. The van der Waals surface area contributed by atoms with Crippen LogP contribution in [-0.2, 0) is 6.42 Å². The van der Waals surface area contributed by atoms with Crippen LogP contribution in [0.25, 0.3) is 0 Å².